The standard InChI is InChI=1S/C22H20FN3O3S/c23-17-9-12-20(13-10-17)30(28,29)26-14-4-5-16-8-11-19(15-21(16)26)25-22(27)24-18-6-2-1-3-7-18/h1-3,6-13,15H,4-5,14H2,(H2,24,25,27). The van der Waals surface area contributed by atoms with Gasteiger partial charge >= 0.3 is 6.03 Å². The van der Waals surface area contributed by atoms with Crippen LogP contribution >= 0.6 is 0 Å². The van der Waals surface area contributed by atoms with E-state index in [2.05, 4.69) is 10.6 Å². The zero-order valence-electron chi connectivity index (χ0n) is 16.0. The van der Waals surface area contributed by atoms with Crippen LogP contribution in [-0.2, 0) is 16.4 Å². The topological polar surface area (TPSA) is 78.5 Å². The summed E-state index contributed by atoms with van der Waals surface area (Å²) in [7, 11) is -3.85. The largest absolute Gasteiger partial charge is 0.323 e. The maximum atomic E-state index is 13.2. The molecule has 3 aromatic rings. The van der Waals surface area contributed by atoms with Crippen molar-refractivity contribution in [2.24, 2.45) is 0 Å². The summed E-state index contributed by atoms with van der Waals surface area (Å²) in [6.07, 6.45) is 1.41. The summed E-state index contributed by atoms with van der Waals surface area (Å²) >= 11 is 0. The molecule has 0 aliphatic carbocycles. The van der Waals surface area contributed by atoms with Crippen molar-refractivity contribution in [3.8, 4) is 0 Å². The number of anilines is 3. The van der Waals surface area contributed by atoms with E-state index in [0.29, 0.717) is 30.0 Å². The molecule has 0 spiro atoms. The summed E-state index contributed by atoms with van der Waals surface area (Å²) in [5.74, 6) is -0.496. The second-order valence-electron chi connectivity index (χ2n) is 6.92. The van der Waals surface area contributed by atoms with Crippen LogP contribution in [0.5, 0.6) is 0 Å². The number of nitrogens with zero attached hydrogens (tertiary/aromatic N) is 1. The Morgan fingerprint density at radius 1 is 0.900 bits per heavy atom. The quantitative estimate of drug-likeness (QED) is 0.641. The third-order valence-corrected chi connectivity index (χ3v) is 6.68. The fraction of sp³-hybridized carbons (Fsp3) is 0.136. The van der Waals surface area contributed by atoms with E-state index in [1.807, 2.05) is 24.3 Å². The van der Waals surface area contributed by atoms with E-state index in [9.17, 15) is 17.6 Å². The first-order chi connectivity index (χ1) is 14.4. The number of para-hydroxylation sites is 1. The maximum absolute atomic E-state index is 13.2. The van der Waals surface area contributed by atoms with Gasteiger partial charge in [0.05, 0.1) is 10.6 Å². The van der Waals surface area contributed by atoms with E-state index in [1.54, 1.807) is 24.3 Å². The van der Waals surface area contributed by atoms with Gasteiger partial charge in [0.1, 0.15) is 5.82 Å². The Morgan fingerprint density at radius 2 is 1.60 bits per heavy atom. The molecular formula is C22H20FN3O3S. The number of aryl methyl sites for hydroxylation is 1. The molecular weight excluding hydrogens is 405 g/mol. The van der Waals surface area contributed by atoms with E-state index in [1.165, 1.54) is 16.4 Å². The molecule has 0 aromatic heterocycles. The van der Waals surface area contributed by atoms with Crippen LogP contribution in [0.2, 0.25) is 0 Å². The minimum atomic E-state index is -3.85. The monoisotopic (exact) mass is 425 g/mol. The van der Waals surface area contributed by atoms with Crippen LogP contribution in [0.25, 0.3) is 0 Å². The second kappa shape index (κ2) is 8.16. The molecule has 3 aromatic carbocycles. The first-order valence-corrected chi connectivity index (χ1v) is 10.9. The Balaban J connectivity index is 1.60. The van der Waals surface area contributed by atoms with Gasteiger partial charge in [0.2, 0.25) is 0 Å². The number of hydrogen-bond acceptors (Lipinski definition) is 3. The average Bonchev–Trinajstić information content (AvgIpc) is 2.74. The number of halogens is 1. The Morgan fingerprint density at radius 3 is 2.33 bits per heavy atom. The van der Waals surface area contributed by atoms with Crippen LogP contribution in [0.1, 0.15) is 12.0 Å². The summed E-state index contributed by atoms with van der Waals surface area (Å²) < 4.78 is 40.8. The van der Waals surface area contributed by atoms with Crippen LogP contribution in [0.3, 0.4) is 0 Å². The zero-order valence-corrected chi connectivity index (χ0v) is 16.8. The van der Waals surface area contributed by atoms with Gasteiger partial charge in [-0.25, -0.2) is 17.6 Å². The number of urea groups is 1. The first-order valence-electron chi connectivity index (χ1n) is 9.48. The molecule has 0 unspecified atom stereocenters. The van der Waals surface area contributed by atoms with Crippen molar-refractivity contribution in [3.63, 3.8) is 0 Å². The van der Waals surface area contributed by atoms with E-state index >= 15 is 0 Å². The molecule has 2 N–H and O–H groups in total. The molecule has 0 fully saturated rings. The van der Waals surface area contributed by atoms with Gasteiger partial charge in [0, 0.05) is 17.9 Å². The van der Waals surface area contributed by atoms with Gasteiger partial charge in [-0.1, -0.05) is 24.3 Å². The van der Waals surface area contributed by atoms with Crippen LogP contribution in [0.4, 0.5) is 26.2 Å². The SMILES string of the molecule is O=C(Nc1ccccc1)Nc1ccc2c(c1)N(S(=O)(=O)c1ccc(F)cc1)CCC2. The predicted molar refractivity (Wildman–Crippen MR) is 115 cm³/mol. The highest BCUT2D eigenvalue weighted by molar-refractivity contribution is 7.92. The van der Waals surface area contributed by atoms with Crippen molar-refractivity contribution in [2.75, 3.05) is 21.5 Å². The molecule has 8 heteroatoms. The highest BCUT2D eigenvalue weighted by Gasteiger charge is 2.29. The molecule has 30 heavy (non-hydrogen) atoms. The fourth-order valence-corrected chi connectivity index (χ4v) is 4.95. The molecule has 0 bridgehead atoms. The summed E-state index contributed by atoms with van der Waals surface area (Å²) in [6.45, 7) is 0.312. The lowest BCUT2D eigenvalue weighted by Gasteiger charge is -2.31. The van der Waals surface area contributed by atoms with Crippen molar-refractivity contribution in [1.82, 2.24) is 0 Å². The van der Waals surface area contributed by atoms with Crippen molar-refractivity contribution >= 4 is 33.1 Å². The van der Waals surface area contributed by atoms with Crippen molar-refractivity contribution in [2.45, 2.75) is 17.7 Å². The van der Waals surface area contributed by atoms with E-state index in [-0.39, 0.29) is 4.90 Å². The van der Waals surface area contributed by atoms with Crippen LogP contribution in [0.15, 0.2) is 77.7 Å². The fourth-order valence-electron chi connectivity index (χ4n) is 3.42. The molecule has 1 aliphatic rings. The number of benzene rings is 3. The number of nitrogens with one attached hydrogen (secondary N) is 2. The van der Waals surface area contributed by atoms with Gasteiger partial charge in [-0.2, -0.15) is 0 Å². The number of sulfonamides is 1. The van der Waals surface area contributed by atoms with E-state index in [4.69, 9.17) is 0 Å². The molecule has 1 aliphatic heterocycles. The lowest BCUT2D eigenvalue weighted by Crippen LogP contribution is -2.35. The minimum absolute atomic E-state index is 0.0249. The van der Waals surface area contributed by atoms with Crippen LogP contribution in [0, 0.1) is 5.82 Å². The third-order valence-electron chi connectivity index (χ3n) is 4.85. The van der Waals surface area contributed by atoms with Gasteiger partial charge in [0.25, 0.3) is 10.0 Å². The molecule has 0 saturated heterocycles. The number of rotatable bonds is 4. The molecule has 0 radical (unpaired) electrons. The van der Waals surface area contributed by atoms with E-state index < -0.39 is 21.9 Å². The van der Waals surface area contributed by atoms with Crippen molar-refractivity contribution < 1.29 is 17.6 Å². The smallest absolute Gasteiger partial charge is 0.308 e. The van der Waals surface area contributed by atoms with Gasteiger partial charge in [-0.15, -0.1) is 0 Å². The molecule has 4 rings (SSSR count). The molecule has 2 amide bonds. The minimum Gasteiger partial charge on any atom is -0.308 e. The molecule has 1 heterocycles. The van der Waals surface area contributed by atoms with Crippen molar-refractivity contribution in [3.05, 3.63) is 84.2 Å². The Hall–Kier alpha value is -3.39. The summed E-state index contributed by atoms with van der Waals surface area (Å²) in [6, 6.07) is 18.6. The predicted octanol–water partition coefficient (Wildman–Crippen LogP) is 4.61. The normalized spacial score (nSPS) is 13.4. The van der Waals surface area contributed by atoms with Gasteiger partial charge in [-0.05, 0) is 66.9 Å². The number of fused-ring (bicyclic) bond motifs is 1. The third kappa shape index (κ3) is 4.13. The molecule has 0 atom stereocenters. The first kappa shape index (κ1) is 19.9. The van der Waals surface area contributed by atoms with Gasteiger partial charge < -0.3 is 10.6 Å². The summed E-state index contributed by atoms with van der Waals surface area (Å²) in [5.41, 5.74) is 2.51. The van der Waals surface area contributed by atoms with Gasteiger partial charge in [0.15, 0.2) is 0 Å². The Kier molecular flexibility index (Phi) is 5.41. The molecule has 6 nitrogen and oxygen atoms in total. The maximum Gasteiger partial charge on any atom is 0.323 e. The second-order valence-corrected chi connectivity index (χ2v) is 8.79. The number of carbonyl (C=O) groups excluding carboxylic acids is 1. The Bertz CT molecular complexity index is 1170. The summed E-state index contributed by atoms with van der Waals surface area (Å²) in [5, 5.41) is 5.46. The lowest BCUT2D eigenvalue weighted by molar-refractivity contribution is 0.262. The zero-order chi connectivity index (χ0) is 21.1. The highest BCUT2D eigenvalue weighted by Crippen LogP contribution is 2.34. The molecule has 0 saturated carbocycles. The Labute approximate surface area is 174 Å². The number of hydrogen-bond donors (Lipinski definition) is 2. The lowest BCUT2D eigenvalue weighted by atomic mass is 10.0. The van der Waals surface area contributed by atoms with Crippen LogP contribution < -0.4 is 14.9 Å². The molecule has 154 valence electrons. The van der Waals surface area contributed by atoms with Crippen LogP contribution in [-0.4, -0.2) is 21.0 Å². The summed E-state index contributed by atoms with van der Waals surface area (Å²) in [4.78, 5) is 12.3. The van der Waals surface area contributed by atoms with Crippen molar-refractivity contribution in [1.29, 1.82) is 0 Å². The number of carbonyl (C=O) groups is 1. The van der Waals surface area contributed by atoms with E-state index in [0.717, 1.165) is 24.1 Å². The van der Waals surface area contributed by atoms with Gasteiger partial charge in [-0.3, -0.25) is 4.31 Å². The highest BCUT2D eigenvalue weighted by atomic mass is 32.2. The number of amides is 2. The average molecular weight is 425 g/mol.